The second-order valence-corrected chi connectivity index (χ2v) is 9.59. The van der Waals surface area contributed by atoms with Gasteiger partial charge in [0, 0.05) is 49.9 Å². The zero-order valence-corrected chi connectivity index (χ0v) is 23.1. The van der Waals surface area contributed by atoms with Crippen molar-refractivity contribution in [3.05, 3.63) is 105 Å². The second-order valence-electron chi connectivity index (χ2n) is 9.59. The van der Waals surface area contributed by atoms with Crippen molar-refractivity contribution in [3.8, 4) is 22.6 Å². The van der Waals surface area contributed by atoms with Crippen LogP contribution in [0.1, 0.15) is 13.8 Å². The van der Waals surface area contributed by atoms with Crippen molar-refractivity contribution >= 4 is 22.9 Å². The van der Waals surface area contributed by atoms with E-state index in [0.29, 0.717) is 42.5 Å². The summed E-state index contributed by atoms with van der Waals surface area (Å²) < 4.78 is 7.33. The second kappa shape index (κ2) is 12.6. The van der Waals surface area contributed by atoms with Crippen LogP contribution < -0.4 is 15.2 Å². The standard InChI is InChI=1S/C31H32N6O4/c1-3-34-18-20-35(21-19-34)31-30(33-32-24-12-14-26(15-13-24)37(39)40)28(23-10-16-27(17-11-23)41-4-2)22-29(38)36(31)25-8-6-5-7-9-25/h5-17,22H,3-4,18-21H2,1-2H3. The molecule has 3 aromatic carbocycles. The van der Waals surface area contributed by atoms with Crippen molar-refractivity contribution in [1.29, 1.82) is 0 Å². The molecule has 5 rings (SSSR count). The number of piperazine rings is 1. The molecule has 0 atom stereocenters. The highest BCUT2D eigenvalue weighted by Crippen LogP contribution is 2.40. The van der Waals surface area contributed by atoms with Crippen LogP contribution >= 0.6 is 0 Å². The molecule has 1 aromatic heterocycles. The third-order valence-corrected chi connectivity index (χ3v) is 7.10. The fourth-order valence-corrected chi connectivity index (χ4v) is 4.95. The zero-order chi connectivity index (χ0) is 28.8. The van der Waals surface area contributed by atoms with Gasteiger partial charge in [0.2, 0.25) is 0 Å². The van der Waals surface area contributed by atoms with Gasteiger partial charge in [0.1, 0.15) is 17.3 Å². The van der Waals surface area contributed by atoms with E-state index in [2.05, 4.69) is 21.8 Å². The first kappa shape index (κ1) is 27.7. The maximum atomic E-state index is 13.9. The molecule has 1 aliphatic rings. The summed E-state index contributed by atoms with van der Waals surface area (Å²) in [7, 11) is 0. The maximum absolute atomic E-state index is 13.9. The molecule has 10 nitrogen and oxygen atoms in total. The Morgan fingerprint density at radius 2 is 1.56 bits per heavy atom. The van der Waals surface area contributed by atoms with Crippen LogP contribution in [0.2, 0.25) is 0 Å². The fraction of sp³-hybridized carbons (Fsp3) is 0.258. The van der Waals surface area contributed by atoms with E-state index in [1.54, 1.807) is 22.8 Å². The van der Waals surface area contributed by atoms with E-state index in [0.717, 1.165) is 36.6 Å². The Kier molecular flexibility index (Phi) is 8.50. The molecule has 0 aliphatic carbocycles. The quantitative estimate of drug-likeness (QED) is 0.136. The minimum atomic E-state index is -0.450. The molecule has 0 saturated carbocycles. The molecule has 41 heavy (non-hydrogen) atoms. The van der Waals surface area contributed by atoms with Gasteiger partial charge in [-0.25, -0.2) is 0 Å². The van der Waals surface area contributed by atoms with Crippen LogP contribution in [0.25, 0.3) is 16.8 Å². The number of ether oxygens (including phenoxy) is 1. The first-order valence-corrected chi connectivity index (χ1v) is 13.7. The van der Waals surface area contributed by atoms with Gasteiger partial charge in [-0.2, -0.15) is 5.11 Å². The molecule has 2 heterocycles. The van der Waals surface area contributed by atoms with Gasteiger partial charge >= 0.3 is 0 Å². The molecule has 1 saturated heterocycles. The fourth-order valence-electron chi connectivity index (χ4n) is 4.95. The Balaban J connectivity index is 1.72. The van der Waals surface area contributed by atoms with Gasteiger partial charge in [-0.05, 0) is 55.4 Å². The Morgan fingerprint density at radius 3 is 2.17 bits per heavy atom. The Morgan fingerprint density at radius 1 is 0.878 bits per heavy atom. The number of benzene rings is 3. The number of aromatic nitrogens is 1. The predicted molar refractivity (Wildman–Crippen MR) is 160 cm³/mol. The van der Waals surface area contributed by atoms with E-state index in [4.69, 9.17) is 9.85 Å². The largest absolute Gasteiger partial charge is 0.494 e. The van der Waals surface area contributed by atoms with Crippen LogP contribution in [0, 0.1) is 10.1 Å². The van der Waals surface area contributed by atoms with Crippen molar-refractivity contribution in [2.75, 3.05) is 44.2 Å². The number of para-hydroxylation sites is 1. The van der Waals surface area contributed by atoms with Crippen LogP contribution in [-0.4, -0.2) is 53.7 Å². The van der Waals surface area contributed by atoms with Crippen LogP contribution in [-0.2, 0) is 0 Å². The number of rotatable bonds is 9. The lowest BCUT2D eigenvalue weighted by molar-refractivity contribution is -0.384. The molecule has 1 aliphatic heterocycles. The third kappa shape index (κ3) is 6.17. The van der Waals surface area contributed by atoms with E-state index in [1.807, 2.05) is 61.5 Å². The smallest absolute Gasteiger partial charge is 0.269 e. The monoisotopic (exact) mass is 552 g/mol. The van der Waals surface area contributed by atoms with Crippen LogP contribution in [0.15, 0.2) is 100.0 Å². The number of non-ortho nitro benzene ring substituents is 1. The van der Waals surface area contributed by atoms with Crippen LogP contribution in [0.5, 0.6) is 5.75 Å². The van der Waals surface area contributed by atoms with Crippen LogP contribution in [0.4, 0.5) is 22.9 Å². The Labute approximate surface area is 238 Å². The van der Waals surface area contributed by atoms with Crippen LogP contribution in [0.3, 0.4) is 0 Å². The van der Waals surface area contributed by atoms with Gasteiger partial charge in [-0.1, -0.05) is 37.3 Å². The summed E-state index contributed by atoms with van der Waals surface area (Å²) in [5.41, 5.74) is 2.98. The van der Waals surface area contributed by atoms with Gasteiger partial charge in [0.15, 0.2) is 0 Å². The summed E-state index contributed by atoms with van der Waals surface area (Å²) in [6.45, 7) is 8.72. The normalized spacial score (nSPS) is 14.0. The number of nitro groups is 1. The van der Waals surface area contributed by atoms with Crippen molar-refractivity contribution < 1.29 is 9.66 Å². The van der Waals surface area contributed by atoms with Gasteiger partial charge in [0.05, 0.1) is 22.9 Å². The molecule has 0 unspecified atom stereocenters. The zero-order valence-electron chi connectivity index (χ0n) is 23.1. The highest BCUT2D eigenvalue weighted by molar-refractivity contribution is 5.84. The molecule has 1 fully saturated rings. The van der Waals surface area contributed by atoms with Crippen molar-refractivity contribution in [3.63, 3.8) is 0 Å². The van der Waals surface area contributed by atoms with Gasteiger partial charge < -0.3 is 14.5 Å². The number of hydrogen-bond donors (Lipinski definition) is 0. The number of nitro benzene ring substituents is 1. The molecule has 0 spiro atoms. The first-order valence-electron chi connectivity index (χ1n) is 13.7. The lowest BCUT2D eigenvalue weighted by Gasteiger charge is -2.37. The van der Waals surface area contributed by atoms with E-state index in [1.165, 1.54) is 12.1 Å². The van der Waals surface area contributed by atoms with Gasteiger partial charge in [-0.3, -0.25) is 19.5 Å². The molecule has 0 amide bonds. The highest BCUT2D eigenvalue weighted by atomic mass is 16.6. The van der Waals surface area contributed by atoms with Gasteiger partial charge in [-0.15, -0.1) is 5.11 Å². The molecule has 0 radical (unpaired) electrons. The van der Waals surface area contributed by atoms with E-state index < -0.39 is 4.92 Å². The molecular formula is C31H32N6O4. The topological polar surface area (TPSA) is 106 Å². The average Bonchev–Trinajstić information content (AvgIpc) is 3.01. The van der Waals surface area contributed by atoms with E-state index in [-0.39, 0.29) is 11.2 Å². The molecule has 210 valence electrons. The number of likely N-dealkylation sites (N-methyl/N-ethyl adjacent to an activating group) is 1. The van der Waals surface area contributed by atoms with E-state index in [9.17, 15) is 14.9 Å². The lowest BCUT2D eigenvalue weighted by Crippen LogP contribution is -2.47. The number of nitrogens with zero attached hydrogens (tertiary/aromatic N) is 6. The van der Waals surface area contributed by atoms with Gasteiger partial charge in [0.25, 0.3) is 11.2 Å². The van der Waals surface area contributed by atoms with Crippen molar-refractivity contribution in [2.24, 2.45) is 10.2 Å². The number of anilines is 1. The summed E-state index contributed by atoms with van der Waals surface area (Å²) >= 11 is 0. The molecule has 4 aromatic rings. The van der Waals surface area contributed by atoms with Crippen molar-refractivity contribution in [1.82, 2.24) is 9.47 Å². The highest BCUT2D eigenvalue weighted by Gasteiger charge is 2.26. The lowest BCUT2D eigenvalue weighted by atomic mass is 10.0. The number of pyridine rings is 1. The molecule has 10 heteroatoms. The summed E-state index contributed by atoms with van der Waals surface area (Å²) in [5, 5.41) is 20.4. The molecular weight excluding hydrogens is 520 g/mol. The maximum Gasteiger partial charge on any atom is 0.269 e. The molecule has 0 N–H and O–H groups in total. The summed E-state index contributed by atoms with van der Waals surface area (Å²) in [5.74, 6) is 1.40. The molecule has 0 bridgehead atoms. The number of azo groups is 1. The minimum absolute atomic E-state index is 0.0221. The summed E-state index contributed by atoms with van der Waals surface area (Å²) in [6.07, 6.45) is 0. The Bertz CT molecular complexity index is 1580. The first-order chi connectivity index (χ1) is 20.0. The van der Waals surface area contributed by atoms with Crippen molar-refractivity contribution in [2.45, 2.75) is 13.8 Å². The Hall–Kier alpha value is -4.83. The van der Waals surface area contributed by atoms with E-state index >= 15 is 0 Å². The third-order valence-electron chi connectivity index (χ3n) is 7.10. The predicted octanol–water partition coefficient (Wildman–Crippen LogP) is 6.37. The minimum Gasteiger partial charge on any atom is -0.494 e. The SMILES string of the molecule is CCOc1ccc(-c2cc(=O)n(-c3ccccc3)c(N3CCN(CC)CC3)c2N=Nc2ccc([N+](=O)[O-])cc2)cc1. The number of hydrogen-bond acceptors (Lipinski definition) is 8. The average molecular weight is 553 g/mol. The summed E-state index contributed by atoms with van der Waals surface area (Å²) in [4.78, 5) is 29.1. The summed E-state index contributed by atoms with van der Waals surface area (Å²) in [6, 6.07) is 24.6.